The molecule has 1 fully saturated rings. The Hall–Kier alpha value is -0.970. The Morgan fingerprint density at radius 1 is 1.23 bits per heavy atom. The van der Waals surface area contributed by atoms with Gasteiger partial charge in [0.2, 0.25) is 0 Å². The Kier molecular flexibility index (Phi) is 7.87. The van der Waals surface area contributed by atoms with Gasteiger partial charge in [-0.3, -0.25) is 4.79 Å². The van der Waals surface area contributed by atoms with E-state index in [0.29, 0.717) is 36.5 Å². The largest absolute Gasteiger partial charge is 0.390 e. The van der Waals surface area contributed by atoms with Gasteiger partial charge in [0.25, 0.3) is 0 Å². The average molecular weight is 433 g/mol. The molecule has 0 aromatic heterocycles. The van der Waals surface area contributed by atoms with Crippen molar-refractivity contribution in [1.29, 1.82) is 0 Å². The Bertz CT molecular complexity index is 688. The van der Waals surface area contributed by atoms with E-state index in [9.17, 15) is 15.0 Å². The molecule has 1 unspecified atom stereocenters. The van der Waals surface area contributed by atoms with Crippen LogP contribution in [0.1, 0.15) is 85.5 Å². The average Bonchev–Trinajstić information content (AvgIpc) is 2.78. The smallest absolute Gasteiger partial charge is 0.156 e. The van der Waals surface area contributed by atoms with E-state index in [4.69, 9.17) is 4.74 Å². The third kappa shape index (κ3) is 5.51. The lowest BCUT2D eigenvalue weighted by Gasteiger charge is -2.47. The van der Waals surface area contributed by atoms with E-state index in [-0.39, 0.29) is 17.3 Å². The first kappa shape index (κ1) is 24.7. The van der Waals surface area contributed by atoms with E-state index in [1.54, 1.807) is 21.0 Å². The van der Waals surface area contributed by atoms with E-state index in [1.807, 2.05) is 6.08 Å². The molecule has 2 N–H and O–H groups in total. The minimum absolute atomic E-state index is 0.112. The summed E-state index contributed by atoms with van der Waals surface area (Å²) in [6, 6.07) is 0. The Labute approximate surface area is 189 Å². The van der Waals surface area contributed by atoms with Gasteiger partial charge < -0.3 is 14.9 Å². The molecule has 0 radical (unpaired) electrons. The van der Waals surface area contributed by atoms with Crippen LogP contribution in [0, 0.1) is 29.1 Å². The molecule has 0 spiro atoms. The summed E-state index contributed by atoms with van der Waals surface area (Å²) >= 11 is 0. The molecule has 176 valence electrons. The van der Waals surface area contributed by atoms with Crippen molar-refractivity contribution in [3.63, 3.8) is 0 Å². The third-order valence-electron chi connectivity index (χ3n) is 8.78. The van der Waals surface area contributed by atoms with Crippen LogP contribution < -0.4 is 0 Å². The van der Waals surface area contributed by atoms with Crippen molar-refractivity contribution in [3.05, 3.63) is 23.8 Å². The van der Waals surface area contributed by atoms with Crippen molar-refractivity contribution >= 4 is 5.78 Å². The Morgan fingerprint density at radius 3 is 2.65 bits per heavy atom. The van der Waals surface area contributed by atoms with Gasteiger partial charge in [0, 0.05) is 13.5 Å². The number of aliphatic hydroxyl groups is 2. The highest BCUT2D eigenvalue weighted by molar-refractivity contribution is 5.92. The quantitative estimate of drug-likeness (QED) is 0.603. The predicted octanol–water partition coefficient (Wildman–Crippen LogP) is 5.23. The second-order valence-corrected chi connectivity index (χ2v) is 11.3. The SMILES string of the molecule is CO[C@H](CCC(O)C(C)(C)O)[C@H]1CCC[C@@H]2C=CC3=CC(=O)CC[C@]3(C)[C@H]2CC[C@@H]1C. The first-order valence-corrected chi connectivity index (χ1v) is 12.4. The summed E-state index contributed by atoms with van der Waals surface area (Å²) in [5, 5.41) is 20.4. The van der Waals surface area contributed by atoms with Crippen molar-refractivity contribution in [2.75, 3.05) is 7.11 Å². The van der Waals surface area contributed by atoms with Gasteiger partial charge in [0.15, 0.2) is 5.78 Å². The summed E-state index contributed by atoms with van der Waals surface area (Å²) in [7, 11) is 1.79. The Balaban J connectivity index is 1.71. The molecule has 31 heavy (non-hydrogen) atoms. The van der Waals surface area contributed by atoms with Crippen molar-refractivity contribution in [2.24, 2.45) is 29.1 Å². The van der Waals surface area contributed by atoms with Crippen LogP contribution in [0.5, 0.6) is 0 Å². The molecule has 0 saturated heterocycles. The fraction of sp³-hybridized carbons (Fsp3) is 0.815. The van der Waals surface area contributed by atoms with Gasteiger partial charge in [-0.1, -0.05) is 38.8 Å². The molecule has 0 heterocycles. The van der Waals surface area contributed by atoms with Gasteiger partial charge in [-0.25, -0.2) is 0 Å². The number of aliphatic hydroxyl groups excluding tert-OH is 1. The van der Waals surface area contributed by atoms with Crippen molar-refractivity contribution < 1.29 is 19.7 Å². The highest BCUT2D eigenvalue weighted by Gasteiger charge is 2.45. The van der Waals surface area contributed by atoms with E-state index in [0.717, 1.165) is 19.3 Å². The number of hydrogen-bond acceptors (Lipinski definition) is 4. The first-order chi connectivity index (χ1) is 14.6. The normalized spacial score (nSPS) is 36.4. The van der Waals surface area contributed by atoms with Crippen LogP contribution in [0.15, 0.2) is 23.8 Å². The van der Waals surface area contributed by atoms with Gasteiger partial charge in [-0.05, 0) is 93.1 Å². The zero-order valence-electron chi connectivity index (χ0n) is 20.3. The molecule has 4 nitrogen and oxygen atoms in total. The number of ketones is 1. The number of allylic oxidation sites excluding steroid dienone is 4. The highest BCUT2D eigenvalue weighted by Crippen LogP contribution is 2.53. The van der Waals surface area contributed by atoms with Crippen LogP contribution in [0.2, 0.25) is 0 Å². The standard InChI is InChI=1S/C27H44O4/c1-18-9-12-23-19(10-11-20-17-21(28)15-16-27(20,23)4)7-6-8-22(18)24(31-5)13-14-25(29)26(2,3)30/h10-11,17-19,22-25,29-30H,6-9,12-16H2,1-5H3/t18-,19+,22-,23-,24+,25?,27-/m0/s1. The monoisotopic (exact) mass is 432 g/mol. The molecule has 0 aliphatic heterocycles. The minimum atomic E-state index is -1.08. The maximum absolute atomic E-state index is 12.0. The fourth-order valence-electron chi connectivity index (χ4n) is 6.50. The molecule has 7 atom stereocenters. The van der Waals surface area contributed by atoms with Crippen LogP contribution in [0.3, 0.4) is 0 Å². The molecule has 0 bridgehead atoms. The van der Waals surface area contributed by atoms with Crippen molar-refractivity contribution in [3.8, 4) is 0 Å². The van der Waals surface area contributed by atoms with E-state index in [1.165, 1.54) is 31.3 Å². The second kappa shape index (κ2) is 9.89. The van der Waals surface area contributed by atoms with E-state index >= 15 is 0 Å². The molecule has 3 aliphatic rings. The van der Waals surface area contributed by atoms with Gasteiger partial charge in [0.1, 0.15) is 0 Å². The molecule has 0 aromatic rings. The second-order valence-electron chi connectivity index (χ2n) is 11.3. The molecule has 1 saturated carbocycles. The minimum Gasteiger partial charge on any atom is -0.390 e. The molecule has 0 aromatic carbocycles. The van der Waals surface area contributed by atoms with E-state index < -0.39 is 11.7 Å². The molecule has 4 heteroatoms. The van der Waals surface area contributed by atoms with Crippen LogP contribution >= 0.6 is 0 Å². The summed E-state index contributed by atoms with van der Waals surface area (Å²) in [4.78, 5) is 12.0. The van der Waals surface area contributed by atoms with Gasteiger partial charge in [-0.2, -0.15) is 0 Å². The maximum atomic E-state index is 12.0. The molecule has 0 amide bonds. The summed E-state index contributed by atoms with van der Waals surface area (Å²) < 4.78 is 5.94. The maximum Gasteiger partial charge on any atom is 0.156 e. The van der Waals surface area contributed by atoms with Crippen LogP contribution in [0.4, 0.5) is 0 Å². The fourth-order valence-corrected chi connectivity index (χ4v) is 6.50. The number of carbonyl (C=O) groups excluding carboxylic acids is 1. The molecular weight excluding hydrogens is 388 g/mol. The molecule has 3 rings (SSSR count). The number of rotatable bonds is 6. The first-order valence-electron chi connectivity index (χ1n) is 12.4. The summed E-state index contributed by atoms with van der Waals surface area (Å²) in [5.41, 5.74) is 0.306. The summed E-state index contributed by atoms with van der Waals surface area (Å²) in [6.07, 6.45) is 14.8. The lowest BCUT2D eigenvalue weighted by molar-refractivity contribution is -0.116. The molecular formula is C27H44O4. The number of ether oxygens (including phenoxy) is 1. The lowest BCUT2D eigenvalue weighted by Crippen LogP contribution is -2.39. The van der Waals surface area contributed by atoms with E-state index in [2.05, 4.69) is 26.0 Å². The lowest BCUT2D eigenvalue weighted by atomic mass is 9.57. The van der Waals surface area contributed by atoms with Crippen LogP contribution in [-0.2, 0) is 9.53 Å². The van der Waals surface area contributed by atoms with Crippen LogP contribution in [0.25, 0.3) is 0 Å². The number of fused-ring (bicyclic) bond motifs is 3. The van der Waals surface area contributed by atoms with Crippen LogP contribution in [-0.4, -0.2) is 40.9 Å². The predicted molar refractivity (Wildman–Crippen MR) is 125 cm³/mol. The third-order valence-corrected chi connectivity index (χ3v) is 8.78. The number of hydrogen-bond donors (Lipinski definition) is 2. The highest BCUT2D eigenvalue weighted by atomic mass is 16.5. The zero-order valence-corrected chi connectivity index (χ0v) is 20.3. The zero-order chi connectivity index (χ0) is 22.8. The number of carbonyl (C=O) groups is 1. The number of methoxy groups -OCH3 is 1. The topological polar surface area (TPSA) is 66.8 Å². The summed E-state index contributed by atoms with van der Waals surface area (Å²) in [6.45, 7) is 8.09. The summed E-state index contributed by atoms with van der Waals surface area (Å²) in [5.74, 6) is 2.51. The van der Waals surface area contributed by atoms with Gasteiger partial charge in [0.05, 0.1) is 17.8 Å². The molecule has 3 aliphatic carbocycles. The van der Waals surface area contributed by atoms with Gasteiger partial charge in [-0.15, -0.1) is 0 Å². The van der Waals surface area contributed by atoms with Gasteiger partial charge >= 0.3 is 0 Å². The van der Waals surface area contributed by atoms with Crippen molar-refractivity contribution in [2.45, 2.75) is 103 Å². The van der Waals surface area contributed by atoms with Crippen molar-refractivity contribution in [1.82, 2.24) is 0 Å². The Morgan fingerprint density at radius 2 is 1.97 bits per heavy atom.